The summed E-state index contributed by atoms with van der Waals surface area (Å²) in [6.07, 6.45) is 1.19. The fourth-order valence-electron chi connectivity index (χ4n) is 2.61. The van der Waals surface area contributed by atoms with Gasteiger partial charge in [-0.05, 0) is 23.3 Å². The summed E-state index contributed by atoms with van der Waals surface area (Å²) in [4.78, 5) is 7.82. The molecule has 0 aliphatic heterocycles. The van der Waals surface area contributed by atoms with E-state index in [0.717, 1.165) is 11.1 Å². The van der Waals surface area contributed by atoms with Crippen LogP contribution in [0.2, 0.25) is 15.2 Å². The molecule has 12 heteroatoms. The first-order valence-corrected chi connectivity index (χ1v) is 11.9. The third-order valence-electron chi connectivity index (χ3n) is 4.16. The summed E-state index contributed by atoms with van der Waals surface area (Å²) in [6, 6.07) is 11.8. The first kappa shape index (κ1) is 24.5. The van der Waals surface area contributed by atoms with Crippen molar-refractivity contribution in [3.8, 4) is 5.88 Å². The Kier molecular flexibility index (Phi) is 8.52. The van der Waals surface area contributed by atoms with Crippen LogP contribution in [0.25, 0.3) is 0 Å². The number of aromatic nitrogens is 2. The fourth-order valence-corrected chi connectivity index (χ4v) is 4.51. The summed E-state index contributed by atoms with van der Waals surface area (Å²) in [5.41, 5.74) is 1.86. The number of hydrogen-bond donors (Lipinski definition) is 3. The lowest BCUT2D eigenvalue weighted by molar-refractivity contribution is 0.292. The van der Waals surface area contributed by atoms with E-state index in [2.05, 4.69) is 20.0 Å². The van der Waals surface area contributed by atoms with E-state index in [-0.39, 0.29) is 45.0 Å². The van der Waals surface area contributed by atoms with Crippen molar-refractivity contribution in [1.29, 1.82) is 0 Å². The summed E-state index contributed by atoms with van der Waals surface area (Å²) in [5.74, 6) is -0.233. The number of nitrogens with one attached hydrogen (secondary N) is 2. The minimum absolute atomic E-state index is 0.0361. The van der Waals surface area contributed by atoms with Crippen LogP contribution in [0.15, 0.2) is 53.6 Å². The maximum atomic E-state index is 12.8. The van der Waals surface area contributed by atoms with E-state index >= 15 is 0 Å². The highest BCUT2D eigenvalue weighted by Crippen LogP contribution is 2.31. The molecule has 0 amide bonds. The first-order valence-electron chi connectivity index (χ1n) is 9.31. The molecule has 170 valence electrons. The lowest BCUT2D eigenvalue weighted by Crippen LogP contribution is -2.17. The van der Waals surface area contributed by atoms with E-state index in [1.807, 2.05) is 24.3 Å². The number of anilines is 1. The van der Waals surface area contributed by atoms with E-state index in [0.29, 0.717) is 13.1 Å². The molecule has 0 fully saturated rings. The summed E-state index contributed by atoms with van der Waals surface area (Å²) in [5, 5.41) is 11.9. The summed E-state index contributed by atoms with van der Waals surface area (Å²) < 4.78 is 33.6. The molecule has 1 heterocycles. The molecular weight excluding hydrogens is 499 g/mol. The lowest BCUT2D eigenvalue weighted by atomic mass is 10.1. The Bertz CT molecular complexity index is 1180. The molecular formula is C20H19Cl3N4O4S. The molecule has 3 N–H and O–H groups in total. The van der Waals surface area contributed by atoms with Crippen LogP contribution in [-0.2, 0) is 23.2 Å². The average Bonchev–Trinajstić information content (AvgIpc) is 2.76. The van der Waals surface area contributed by atoms with E-state index in [4.69, 9.17) is 44.6 Å². The van der Waals surface area contributed by atoms with Crippen molar-refractivity contribution < 1.29 is 18.3 Å². The van der Waals surface area contributed by atoms with Crippen molar-refractivity contribution >= 4 is 50.6 Å². The van der Waals surface area contributed by atoms with Gasteiger partial charge in [-0.15, -0.1) is 0 Å². The zero-order chi connectivity index (χ0) is 23.1. The van der Waals surface area contributed by atoms with Gasteiger partial charge in [-0.3, -0.25) is 4.72 Å². The second-order valence-electron chi connectivity index (χ2n) is 6.51. The standard InChI is InChI=1S/C20H19Cl3N4O4S/c21-15-2-1-3-16(18(15)23)32(29,30)27-19-20(26-17(22)11-25-19)31-12-14-6-4-13(5-7-14)10-24-8-9-28/h1-7,11,24,28H,8-10,12H2,(H,25,27). The second kappa shape index (κ2) is 11.1. The molecule has 0 aliphatic carbocycles. The van der Waals surface area contributed by atoms with E-state index in [1.165, 1.54) is 24.4 Å². The third-order valence-corrected chi connectivity index (χ3v) is 6.66. The van der Waals surface area contributed by atoms with Crippen LogP contribution in [0.3, 0.4) is 0 Å². The molecule has 3 rings (SSSR count). The highest BCUT2D eigenvalue weighted by atomic mass is 35.5. The highest BCUT2D eigenvalue weighted by molar-refractivity contribution is 7.92. The van der Waals surface area contributed by atoms with Gasteiger partial charge in [0.15, 0.2) is 5.15 Å². The fraction of sp³-hybridized carbons (Fsp3) is 0.200. The van der Waals surface area contributed by atoms with E-state index < -0.39 is 10.0 Å². The van der Waals surface area contributed by atoms with Gasteiger partial charge in [-0.2, -0.15) is 4.98 Å². The monoisotopic (exact) mass is 516 g/mol. The number of halogens is 3. The molecule has 8 nitrogen and oxygen atoms in total. The Morgan fingerprint density at radius 1 is 1.03 bits per heavy atom. The van der Waals surface area contributed by atoms with Gasteiger partial charge >= 0.3 is 0 Å². The minimum Gasteiger partial charge on any atom is -0.470 e. The molecule has 0 radical (unpaired) electrons. The molecule has 0 bridgehead atoms. The van der Waals surface area contributed by atoms with Crippen molar-refractivity contribution in [3.05, 3.63) is 75.0 Å². The van der Waals surface area contributed by atoms with Crippen molar-refractivity contribution in [2.24, 2.45) is 0 Å². The van der Waals surface area contributed by atoms with Gasteiger partial charge in [0.1, 0.15) is 11.5 Å². The zero-order valence-corrected chi connectivity index (χ0v) is 19.6. The molecule has 3 aromatic rings. The number of aliphatic hydroxyl groups excluding tert-OH is 1. The van der Waals surface area contributed by atoms with Crippen molar-refractivity contribution in [2.75, 3.05) is 17.9 Å². The van der Waals surface area contributed by atoms with E-state index in [9.17, 15) is 8.42 Å². The Balaban J connectivity index is 1.75. The Labute approximate surface area is 200 Å². The van der Waals surface area contributed by atoms with Crippen molar-refractivity contribution in [2.45, 2.75) is 18.0 Å². The number of aliphatic hydroxyl groups is 1. The van der Waals surface area contributed by atoms with Gasteiger partial charge in [-0.25, -0.2) is 13.4 Å². The van der Waals surface area contributed by atoms with Crippen LogP contribution >= 0.6 is 34.8 Å². The van der Waals surface area contributed by atoms with Crippen LogP contribution in [0.4, 0.5) is 5.82 Å². The predicted molar refractivity (Wildman–Crippen MR) is 124 cm³/mol. The number of sulfonamides is 1. The smallest absolute Gasteiger partial charge is 0.264 e. The van der Waals surface area contributed by atoms with Crippen molar-refractivity contribution in [1.82, 2.24) is 15.3 Å². The van der Waals surface area contributed by atoms with Crippen LogP contribution in [0, 0.1) is 0 Å². The highest BCUT2D eigenvalue weighted by Gasteiger charge is 2.23. The SMILES string of the molecule is O=S(=O)(Nc1ncc(Cl)nc1OCc1ccc(CNCCO)cc1)c1cccc(Cl)c1Cl. The topological polar surface area (TPSA) is 113 Å². The zero-order valence-electron chi connectivity index (χ0n) is 16.6. The second-order valence-corrected chi connectivity index (χ2v) is 9.33. The molecule has 0 unspecified atom stereocenters. The summed E-state index contributed by atoms with van der Waals surface area (Å²) in [7, 11) is -4.12. The maximum Gasteiger partial charge on any atom is 0.264 e. The molecule has 0 atom stereocenters. The van der Waals surface area contributed by atoms with Crippen molar-refractivity contribution in [3.63, 3.8) is 0 Å². The molecule has 0 saturated carbocycles. The van der Waals surface area contributed by atoms with Gasteiger partial charge in [0, 0.05) is 13.1 Å². The largest absolute Gasteiger partial charge is 0.470 e. The number of benzene rings is 2. The lowest BCUT2D eigenvalue weighted by Gasteiger charge is -2.13. The van der Waals surface area contributed by atoms with Gasteiger partial charge in [0.2, 0.25) is 5.82 Å². The van der Waals surface area contributed by atoms with Crippen LogP contribution in [0.1, 0.15) is 11.1 Å². The van der Waals surface area contributed by atoms with Gasteiger partial charge < -0.3 is 15.2 Å². The normalized spacial score (nSPS) is 11.4. The van der Waals surface area contributed by atoms with Gasteiger partial charge in [-0.1, -0.05) is 65.1 Å². The predicted octanol–water partition coefficient (Wildman–Crippen LogP) is 3.90. The Morgan fingerprint density at radius 2 is 1.75 bits per heavy atom. The Morgan fingerprint density at radius 3 is 2.47 bits per heavy atom. The maximum absolute atomic E-state index is 12.8. The Hall–Kier alpha value is -2.14. The minimum atomic E-state index is -4.12. The molecule has 0 saturated heterocycles. The third kappa shape index (κ3) is 6.44. The molecule has 0 spiro atoms. The molecule has 1 aromatic heterocycles. The quantitative estimate of drug-likeness (QED) is 0.350. The van der Waals surface area contributed by atoms with Gasteiger partial charge in [0.05, 0.1) is 22.8 Å². The number of rotatable bonds is 10. The van der Waals surface area contributed by atoms with Crippen LogP contribution in [0.5, 0.6) is 5.88 Å². The number of ether oxygens (including phenoxy) is 1. The number of hydrogen-bond acceptors (Lipinski definition) is 7. The number of nitrogens with zero attached hydrogens (tertiary/aromatic N) is 2. The molecule has 0 aliphatic rings. The molecule has 2 aromatic carbocycles. The van der Waals surface area contributed by atoms with Crippen LogP contribution in [-0.4, -0.2) is 36.6 Å². The molecule has 32 heavy (non-hydrogen) atoms. The van der Waals surface area contributed by atoms with Crippen LogP contribution < -0.4 is 14.8 Å². The first-order chi connectivity index (χ1) is 15.3. The summed E-state index contributed by atoms with van der Waals surface area (Å²) >= 11 is 17.9. The summed E-state index contributed by atoms with van der Waals surface area (Å²) in [6.45, 7) is 1.31. The van der Waals surface area contributed by atoms with Gasteiger partial charge in [0.25, 0.3) is 15.9 Å². The average molecular weight is 518 g/mol. The van der Waals surface area contributed by atoms with E-state index in [1.54, 1.807) is 0 Å².